The van der Waals surface area contributed by atoms with Crippen LogP contribution in [0.4, 0.5) is 13.2 Å². The number of aliphatic hydroxyl groups is 1. The van der Waals surface area contributed by atoms with Crippen LogP contribution >= 0.6 is 22.6 Å². The number of alkyl halides is 3. The molecule has 1 aliphatic heterocycles. The molecule has 0 radical (unpaired) electrons. The summed E-state index contributed by atoms with van der Waals surface area (Å²) in [5.41, 5.74) is -2.43. The fraction of sp³-hybridized carbons (Fsp3) is 0.417. The van der Waals surface area contributed by atoms with Crippen molar-refractivity contribution in [3.05, 3.63) is 33.4 Å². The van der Waals surface area contributed by atoms with Crippen LogP contribution < -0.4 is 0 Å². The molecule has 1 unspecified atom stereocenters. The fourth-order valence-corrected chi connectivity index (χ4v) is 2.62. The first-order valence-electron chi connectivity index (χ1n) is 5.57. The molecule has 3 nitrogen and oxygen atoms in total. The van der Waals surface area contributed by atoms with Crippen LogP contribution in [0.1, 0.15) is 16.8 Å². The molecule has 0 bridgehead atoms. The van der Waals surface area contributed by atoms with E-state index in [1.807, 2.05) is 22.6 Å². The smallest absolute Gasteiger partial charge is 0.379 e. The molecular formula is C12H11F3INO2. The normalized spacial score (nSPS) is 23.7. The minimum atomic E-state index is -4.72. The first kappa shape index (κ1) is 14.6. The second-order valence-electron chi connectivity index (χ2n) is 4.49. The van der Waals surface area contributed by atoms with E-state index in [1.54, 1.807) is 24.3 Å². The van der Waals surface area contributed by atoms with Crippen molar-refractivity contribution < 1.29 is 23.1 Å². The molecule has 1 aliphatic rings. The van der Waals surface area contributed by atoms with E-state index in [2.05, 4.69) is 0 Å². The molecule has 1 fully saturated rings. The number of carbonyl (C=O) groups excluding carboxylic acids is 1. The molecule has 0 aromatic heterocycles. The molecule has 1 aromatic carbocycles. The zero-order chi connectivity index (χ0) is 14.3. The maximum Gasteiger partial charge on any atom is 0.419 e. The van der Waals surface area contributed by atoms with Crippen LogP contribution in [0.25, 0.3) is 0 Å². The second kappa shape index (κ2) is 4.93. The summed E-state index contributed by atoms with van der Waals surface area (Å²) < 4.78 is 38.7. The van der Waals surface area contributed by atoms with E-state index < -0.39 is 30.7 Å². The third-order valence-electron chi connectivity index (χ3n) is 3.17. The highest BCUT2D eigenvalue weighted by Crippen LogP contribution is 2.38. The van der Waals surface area contributed by atoms with Gasteiger partial charge in [-0.2, -0.15) is 13.2 Å². The standard InChI is InChI=1S/C12H11F3INO2/c13-12(14,15)11(19)5-6-17(7-11)10(18)8-3-1-2-4-9(8)16/h1-4,19H,5-7H2. The van der Waals surface area contributed by atoms with E-state index in [9.17, 15) is 23.1 Å². The SMILES string of the molecule is O=C(c1ccccc1I)N1CCC(O)(C(F)(F)F)C1. The van der Waals surface area contributed by atoms with Gasteiger partial charge in [-0.05, 0) is 34.7 Å². The lowest BCUT2D eigenvalue weighted by atomic mass is 10.0. The Morgan fingerprint density at radius 2 is 2.00 bits per heavy atom. The van der Waals surface area contributed by atoms with Crippen molar-refractivity contribution in [2.45, 2.75) is 18.2 Å². The molecule has 1 aromatic rings. The maximum atomic E-state index is 12.7. The van der Waals surface area contributed by atoms with Crippen LogP contribution in [0.3, 0.4) is 0 Å². The van der Waals surface area contributed by atoms with E-state index in [0.717, 1.165) is 4.90 Å². The van der Waals surface area contributed by atoms with Crippen molar-refractivity contribution in [3.8, 4) is 0 Å². The number of carbonyl (C=O) groups is 1. The van der Waals surface area contributed by atoms with Gasteiger partial charge >= 0.3 is 6.18 Å². The number of hydrogen-bond acceptors (Lipinski definition) is 2. The largest absolute Gasteiger partial charge is 0.419 e. The highest BCUT2D eigenvalue weighted by molar-refractivity contribution is 14.1. The summed E-state index contributed by atoms with van der Waals surface area (Å²) in [5.74, 6) is -0.481. The molecule has 1 atom stereocenters. The molecule has 104 valence electrons. The van der Waals surface area contributed by atoms with Gasteiger partial charge in [0, 0.05) is 16.5 Å². The zero-order valence-corrected chi connectivity index (χ0v) is 11.9. The zero-order valence-electron chi connectivity index (χ0n) is 9.75. The van der Waals surface area contributed by atoms with Gasteiger partial charge in [0.05, 0.1) is 12.1 Å². The van der Waals surface area contributed by atoms with Crippen LogP contribution in [0.5, 0.6) is 0 Å². The summed E-state index contributed by atoms with van der Waals surface area (Å²) in [4.78, 5) is 13.2. The molecule has 2 rings (SSSR count). The molecule has 7 heteroatoms. The third kappa shape index (κ3) is 2.71. The monoisotopic (exact) mass is 385 g/mol. The van der Waals surface area contributed by atoms with Crippen LogP contribution in [-0.2, 0) is 0 Å². The molecule has 1 saturated heterocycles. The summed E-state index contributed by atoms with van der Waals surface area (Å²) in [6.45, 7) is -0.805. The first-order chi connectivity index (χ1) is 8.74. The highest BCUT2D eigenvalue weighted by atomic mass is 127. The van der Waals surface area contributed by atoms with Crippen molar-refractivity contribution in [3.63, 3.8) is 0 Å². The van der Waals surface area contributed by atoms with Crippen LogP contribution in [-0.4, -0.2) is 40.8 Å². The predicted molar refractivity (Wildman–Crippen MR) is 70.7 cm³/mol. The molecular weight excluding hydrogens is 374 g/mol. The van der Waals surface area contributed by atoms with Crippen molar-refractivity contribution in [2.75, 3.05) is 13.1 Å². The van der Waals surface area contributed by atoms with Gasteiger partial charge in [0.1, 0.15) is 0 Å². The topological polar surface area (TPSA) is 40.5 Å². The number of benzene rings is 1. The van der Waals surface area contributed by atoms with Gasteiger partial charge in [-0.1, -0.05) is 12.1 Å². The number of rotatable bonds is 1. The van der Waals surface area contributed by atoms with Gasteiger partial charge in [-0.3, -0.25) is 4.79 Å². The number of amides is 1. The Hall–Kier alpha value is -0.830. The van der Waals surface area contributed by atoms with Crippen LogP contribution in [0.2, 0.25) is 0 Å². The summed E-state index contributed by atoms with van der Waals surface area (Å²) in [7, 11) is 0. The minimum absolute atomic E-state index is 0.0974. The molecule has 1 heterocycles. The molecule has 1 amide bonds. The molecule has 0 aliphatic carbocycles. The number of likely N-dealkylation sites (tertiary alicyclic amines) is 1. The molecule has 1 N–H and O–H groups in total. The van der Waals surface area contributed by atoms with Gasteiger partial charge in [-0.25, -0.2) is 0 Å². The summed E-state index contributed by atoms with van der Waals surface area (Å²) in [6.07, 6.45) is -5.20. The van der Waals surface area contributed by atoms with Crippen molar-refractivity contribution in [1.29, 1.82) is 0 Å². The van der Waals surface area contributed by atoms with Crippen molar-refractivity contribution in [1.82, 2.24) is 4.90 Å². The minimum Gasteiger partial charge on any atom is -0.379 e. The molecule has 0 spiro atoms. The van der Waals surface area contributed by atoms with E-state index in [-0.39, 0.29) is 6.54 Å². The summed E-state index contributed by atoms with van der Waals surface area (Å²) in [5, 5.41) is 9.54. The Labute approximate surface area is 121 Å². The third-order valence-corrected chi connectivity index (χ3v) is 4.11. The van der Waals surface area contributed by atoms with Gasteiger partial charge < -0.3 is 10.0 Å². The van der Waals surface area contributed by atoms with E-state index in [4.69, 9.17) is 0 Å². The Balaban J connectivity index is 2.18. The van der Waals surface area contributed by atoms with Gasteiger partial charge in [0.2, 0.25) is 0 Å². The Kier molecular flexibility index (Phi) is 3.78. The van der Waals surface area contributed by atoms with Gasteiger partial charge in [0.15, 0.2) is 5.60 Å². The average molecular weight is 385 g/mol. The number of β-amino-alcohol motifs (C(OH)–C–C–N with tert-alkyl or cyclic N) is 1. The van der Waals surface area contributed by atoms with Crippen molar-refractivity contribution >= 4 is 28.5 Å². The van der Waals surface area contributed by atoms with Crippen molar-refractivity contribution in [2.24, 2.45) is 0 Å². The summed E-state index contributed by atoms with van der Waals surface area (Å²) in [6, 6.07) is 6.67. The Morgan fingerprint density at radius 3 is 2.53 bits per heavy atom. The first-order valence-corrected chi connectivity index (χ1v) is 6.65. The number of hydrogen-bond donors (Lipinski definition) is 1. The maximum absolute atomic E-state index is 12.7. The van der Waals surface area contributed by atoms with E-state index >= 15 is 0 Å². The van der Waals surface area contributed by atoms with E-state index in [1.165, 1.54) is 0 Å². The van der Waals surface area contributed by atoms with Crippen LogP contribution in [0, 0.1) is 3.57 Å². The number of halogens is 4. The average Bonchev–Trinajstić information content (AvgIpc) is 2.72. The predicted octanol–water partition coefficient (Wildman–Crippen LogP) is 2.43. The summed E-state index contributed by atoms with van der Waals surface area (Å²) >= 11 is 1.95. The lowest BCUT2D eigenvalue weighted by Gasteiger charge is -2.26. The fourth-order valence-electron chi connectivity index (χ4n) is 2.00. The van der Waals surface area contributed by atoms with Crippen LogP contribution in [0.15, 0.2) is 24.3 Å². The lowest BCUT2D eigenvalue weighted by molar-refractivity contribution is -0.253. The van der Waals surface area contributed by atoms with Gasteiger partial charge in [-0.15, -0.1) is 0 Å². The Bertz CT molecular complexity index is 506. The highest BCUT2D eigenvalue weighted by Gasteiger charge is 2.57. The van der Waals surface area contributed by atoms with E-state index in [0.29, 0.717) is 9.13 Å². The molecule has 0 saturated carbocycles. The quantitative estimate of drug-likeness (QED) is 0.755. The Morgan fingerprint density at radius 1 is 1.37 bits per heavy atom. The number of nitrogens with zero attached hydrogens (tertiary/aromatic N) is 1. The van der Waals surface area contributed by atoms with Gasteiger partial charge in [0.25, 0.3) is 5.91 Å². The second-order valence-corrected chi connectivity index (χ2v) is 5.65. The molecule has 19 heavy (non-hydrogen) atoms. The lowest BCUT2D eigenvalue weighted by Crippen LogP contribution is -2.48.